The average molecular weight is 376 g/mol. The van der Waals surface area contributed by atoms with Crippen molar-refractivity contribution in [2.45, 2.75) is 32.1 Å². The SMILES string of the molecule is O=C(NCc1ccc(C(F)(F)F)cc1)c1ccc(CN2CCCC2=O)cc1. The van der Waals surface area contributed by atoms with Crippen molar-refractivity contribution in [2.75, 3.05) is 6.54 Å². The normalized spacial score (nSPS) is 14.5. The molecule has 0 saturated carbocycles. The minimum absolute atomic E-state index is 0.140. The summed E-state index contributed by atoms with van der Waals surface area (Å²) < 4.78 is 37.6. The van der Waals surface area contributed by atoms with Crippen LogP contribution < -0.4 is 5.32 Å². The minimum atomic E-state index is -4.37. The van der Waals surface area contributed by atoms with Crippen LogP contribution in [0.25, 0.3) is 0 Å². The topological polar surface area (TPSA) is 49.4 Å². The molecule has 0 spiro atoms. The van der Waals surface area contributed by atoms with Gasteiger partial charge in [0.1, 0.15) is 0 Å². The first-order valence-electron chi connectivity index (χ1n) is 8.64. The monoisotopic (exact) mass is 376 g/mol. The molecule has 1 saturated heterocycles. The Morgan fingerprint density at radius 3 is 2.19 bits per heavy atom. The molecule has 142 valence electrons. The first-order valence-corrected chi connectivity index (χ1v) is 8.64. The van der Waals surface area contributed by atoms with Crippen LogP contribution in [0.5, 0.6) is 0 Å². The molecule has 0 aliphatic carbocycles. The highest BCUT2D eigenvalue weighted by Gasteiger charge is 2.29. The second-order valence-corrected chi connectivity index (χ2v) is 6.49. The molecule has 1 fully saturated rings. The van der Waals surface area contributed by atoms with E-state index < -0.39 is 11.7 Å². The summed E-state index contributed by atoms with van der Waals surface area (Å²) in [4.78, 5) is 25.6. The van der Waals surface area contributed by atoms with Crippen molar-refractivity contribution in [1.29, 1.82) is 0 Å². The quantitative estimate of drug-likeness (QED) is 0.864. The molecular weight excluding hydrogens is 357 g/mol. The molecular formula is C20H19F3N2O2. The lowest BCUT2D eigenvalue weighted by atomic mass is 10.1. The standard InChI is InChI=1S/C20H19F3N2O2/c21-20(22,23)17-9-5-14(6-10-17)12-24-19(27)16-7-3-15(4-8-16)13-25-11-1-2-18(25)26/h3-10H,1-2,11-13H2,(H,24,27). The van der Waals surface area contributed by atoms with Gasteiger partial charge >= 0.3 is 6.18 Å². The lowest BCUT2D eigenvalue weighted by Gasteiger charge is -2.15. The zero-order chi connectivity index (χ0) is 19.4. The van der Waals surface area contributed by atoms with Crippen LogP contribution in [0.4, 0.5) is 13.2 Å². The molecule has 1 heterocycles. The molecule has 1 N–H and O–H groups in total. The summed E-state index contributed by atoms with van der Waals surface area (Å²) in [6.45, 7) is 1.43. The largest absolute Gasteiger partial charge is 0.416 e. The van der Waals surface area contributed by atoms with Crippen LogP contribution in [0.2, 0.25) is 0 Å². The molecule has 4 nitrogen and oxygen atoms in total. The van der Waals surface area contributed by atoms with E-state index in [1.807, 2.05) is 0 Å². The molecule has 1 aliphatic rings. The van der Waals surface area contributed by atoms with Crippen molar-refractivity contribution >= 4 is 11.8 Å². The Balaban J connectivity index is 1.54. The Morgan fingerprint density at radius 1 is 1.00 bits per heavy atom. The number of nitrogens with zero attached hydrogens (tertiary/aromatic N) is 1. The summed E-state index contributed by atoms with van der Waals surface area (Å²) in [5.41, 5.74) is 1.27. The maximum atomic E-state index is 12.5. The lowest BCUT2D eigenvalue weighted by molar-refractivity contribution is -0.137. The fraction of sp³-hybridized carbons (Fsp3) is 0.300. The minimum Gasteiger partial charge on any atom is -0.348 e. The molecule has 0 aromatic heterocycles. The van der Waals surface area contributed by atoms with Crippen LogP contribution in [-0.2, 0) is 24.1 Å². The number of nitrogens with one attached hydrogen (secondary N) is 1. The molecule has 0 radical (unpaired) electrons. The van der Waals surface area contributed by atoms with E-state index in [4.69, 9.17) is 0 Å². The van der Waals surface area contributed by atoms with E-state index in [9.17, 15) is 22.8 Å². The molecule has 3 rings (SSSR count). The number of likely N-dealkylation sites (tertiary alicyclic amines) is 1. The number of benzene rings is 2. The molecule has 2 amide bonds. The first-order chi connectivity index (χ1) is 12.8. The summed E-state index contributed by atoms with van der Waals surface area (Å²) in [6.07, 6.45) is -2.91. The highest BCUT2D eigenvalue weighted by molar-refractivity contribution is 5.94. The molecule has 1 aliphatic heterocycles. The molecule has 2 aromatic carbocycles. The van der Waals surface area contributed by atoms with Crippen molar-refractivity contribution in [2.24, 2.45) is 0 Å². The Hall–Kier alpha value is -2.83. The average Bonchev–Trinajstić information content (AvgIpc) is 3.04. The third-order valence-electron chi connectivity index (χ3n) is 4.50. The molecule has 2 aromatic rings. The van der Waals surface area contributed by atoms with Gasteiger partial charge in [0.15, 0.2) is 0 Å². The van der Waals surface area contributed by atoms with Crippen molar-refractivity contribution in [3.63, 3.8) is 0 Å². The van der Waals surface area contributed by atoms with E-state index in [1.54, 1.807) is 29.2 Å². The fourth-order valence-corrected chi connectivity index (χ4v) is 2.95. The van der Waals surface area contributed by atoms with Gasteiger partial charge in [-0.3, -0.25) is 9.59 Å². The Labute approximate surface area is 155 Å². The number of carbonyl (C=O) groups is 2. The van der Waals surface area contributed by atoms with E-state index >= 15 is 0 Å². The van der Waals surface area contributed by atoms with Gasteiger partial charge in [0.2, 0.25) is 5.91 Å². The highest BCUT2D eigenvalue weighted by Crippen LogP contribution is 2.29. The van der Waals surface area contributed by atoms with Crippen LogP contribution >= 0.6 is 0 Å². The van der Waals surface area contributed by atoms with Gasteiger partial charge in [-0.05, 0) is 41.8 Å². The highest BCUT2D eigenvalue weighted by atomic mass is 19.4. The van der Waals surface area contributed by atoms with E-state index in [0.29, 0.717) is 24.1 Å². The van der Waals surface area contributed by atoms with Gasteiger partial charge in [-0.1, -0.05) is 24.3 Å². The Kier molecular flexibility index (Phi) is 5.48. The van der Waals surface area contributed by atoms with Gasteiger partial charge in [-0.2, -0.15) is 13.2 Å². The predicted octanol–water partition coefficient (Wildman–Crippen LogP) is 3.76. The summed E-state index contributed by atoms with van der Waals surface area (Å²) in [7, 11) is 0. The van der Waals surface area contributed by atoms with Crippen LogP contribution in [0.15, 0.2) is 48.5 Å². The zero-order valence-electron chi connectivity index (χ0n) is 14.6. The van der Waals surface area contributed by atoms with Gasteiger partial charge in [-0.25, -0.2) is 0 Å². The fourth-order valence-electron chi connectivity index (χ4n) is 2.95. The zero-order valence-corrected chi connectivity index (χ0v) is 14.6. The predicted molar refractivity (Wildman–Crippen MR) is 93.7 cm³/mol. The van der Waals surface area contributed by atoms with Crippen LogP contribution in [0, 0.1) is 0 Å². The van der Waals surface area contributed by atoms with E-state index in [0.717, 1.165) is 30.7 Å². The number of hydrogen-bond donors (Lipinski definition) is 1. The van der Waals surface area contributed by atoms with Gasteiger partial charge in [0.25, 0.3) is 5.91 Å². The first kappa shape index (κ1) is 18.9. The number of hydrogen-bond acceptors (Lipinski definition) is 2. The van der Waals surface area contributed by atoms with Crippen molar-refractivity contribution < 1.29 is 22.8 Å². The maximum absolute atomic E-state index is 12.5. The summed E-state index contributed by atoms with van der Waals surface area (Å²) >= 11 is 0. The van der Waals surface area contributed by atoms with Crippen molar-refractivity contribution in [3.05, 3.63) is 70.8 Å². The third-order valence-corrected chi connectivity index (χ3v) is 4.50. The van der Waals surface area contributed by atoms with Gasteiger partial charge in [-0.15, -0.1) is 0 Å². The molecule has 0 atom stereocenters. The smallest absolute Gasteiger partial charge is 0.348 e. The number of carbonyl (C=O) groups excluding carboxylic acids is 2. The molecule has 0 bridgehead atoms. The summed E-state index contributed by atoms with van der Waals surface area (Å²) in [6, 6.07) is 11.7. The van der Waals surface area contributed by atoms with Crippen LogP contribution in [0.1, 0.15) is 39.9 Å². The second-order valence-electron chi connectivity index (χ2n) is 6.49. The summed E-state index contributed by atoms with van der Waals surface area (Å²) in [5.74, 6) is -0.160. The lowest BCUT2D eigenvalue weighted by Crippen LogP contribution is -2.24. The second kappa shape index (κ2) is 7.82. The Morgan fingerprint density at radius 2 is 1.63 bits per heavy atom. The van der Waals surface area contributed by atoms with Crippen LogP contribution in [-0.4, -0.2) is 23.3 Å². The van der Waals surface area contributed by atoms with E-state index in [1.165, 1.54) is 12.1 Å². The van der Waals surface area contributed by atoms with Gasteiger partial charge in [0, 0.05) is 31.6 Å². The van der Waals surface area contributed by atoms with E-state index in [2.05, 4.69) is 5.32 Å². The number of rotatable bonds is 5. The third kappa shape index (κ3) is 4.87. The number of alkyl halides is 3. The van der Waals surface area contributed by atoms with Crippen molar-refractivity contribution in [3.8, 4) is 0 Å². The molecule has 27 heavy (non-hydrogen) atoms. The van der Waals surface area contributed by atoms with Gasteiger partial charge < -0.3 is 10.2 Å². The maximum Gasteiger partial charge on any atom is 0.416 e. The number of halogens is 3. The molecule has 7 heteroatoms. The summed E-state index contributed by atoms with van der Waals surface area (Å²) in [5, 5.41) is 2.69. The van der Waals surface area contributed by atoms with Crippen LogP contribution in [0.3, 0.4) is 0 Å². The van der Waals surface area contributed by atoms with E-state index in [-0.39, 0.29) is 18.4 Å². The Bertz CT molecular complexity index is 815. The van der Waals surface area contributed by atoms with Crippen molar-refractivity contribution in [1.82, 2.24) is 10.2 Å². The molecule has 0 unspecified atom stereocenters. The van der Waals surface area contributed by atoms with Gasteiger partial charge in [0.05, 0.1) is 5.56 Å². The number of amides is 2.